The van der Waals surface area contributed by atoms with Crippen molar-refractivity contribution in [3.63, 3.8) is 0 Å². The number of thioether (sulfide) groups is 1. The van der Waals surface area contributed by atoms with Crippen molar-refractivity contribution in [1.29, 1.82) is 0 Å². The first-order chi connectivity index (χ1) is 11.0. The zero-order valence-electron chi connectivity index (χ0n) is 13.9. The molecule has 0 aromatic rings. The molecular weight excluding hydrogens is 332 g/mol. The lowest BCUT2D eigenvalue weighted by molar-refractivity contribution is 0.205. The predicted molar refractivity (Wildman–Crippen MR) is 96.4 cm³/mol. The molecule has 3 heterocycles. The first-order valence-electron chi connectivity index (χ1n) is 8.76. The van der Waals surface area contributed by atoms with Crippen LogP contribution in [-0.4, -0.2) is 69.4 Å². The van der Waals surface area contributed by atoms with Gasteiger partial charge in [-0.15, -0.1) is 0 Å². The van der Waals surface area contributed by atoms with Crippen molar-refractivity contribution in [2.75, 3.05) is 38.2 Å². The molecule has 3 aliphatic heterocycles. The van der Waals surface area contributed by atoms with E-state index in [1.165, 1.54) is 24.9 Å². The molecule has 5 unspecified atom stereocenters. The van der Waals surface area contributed by atoms with Gasteiger partial charge in [-0.05, 0) is 37.4 Å². The molecule has 0 aromatic carbocycles. The van der Waals surface area contributed by atoms with Crippen molar-refractivity contribution >= 4 is 21.6 Å². The third-order valence-electron chi connectivity index (χ3n) is 5.24. The van der Waals surface area contributed by atoms with E-state index in [2.05, 4.69) is 33.0 Å². The molecule has 0 saturated carbocycles. The van der Waals surface area contributed by atoms with Crippen LogP contribution in [0.2, 0.25) is 0 Å². The van der Waals surface area contributed by atoms with Gasteiger partial charge in [0.25, 0.3) is 0 Å². The van der Waals surface area contributed by atoms with E-state index < -0.39 is 9.84 Å². The molecular formula is C15H30N4O2S2. The quantitative estimate of drug-likeness (QED) is 0.536. The van der Waals surface area contributed by atoms with Gasteiger partial charge >= 0.3 is 0 Å². The van der Waals surface area contributed by atoms with Crippen molar-refractivity contribution in [3.8, 4) is 0 Å². The molecule has 134 valence electrons. The first-order valence-corrected chi connectivity index (χ1v) is 11.8. The molecule has 0 bridgehead atoms. The molecule has 0 aliphatic carbocycles. The van der Waals surface area contributed by atoms with Crippen LogP contribution in [0.15, 0.2) is 0 Å². The van der Waals surface area contributed by atoms with Gasteiger partial charge in [0.1, 0.15) is 5.37 Å². The normalized spacial score (nSPS) is 39.4. The minimum absolute atomic E-state index is 0.322. The van der Waals surface area contributed by atoms with Crippen molar-refractivity contribution in [2.45, 2.75) is 48.5 Å². The third-order valence-corrected chi connectivity index (χ3v) is 8.07. The highest BCUT2D eigenvalue weighted by Gasteiger charge is 2.33. The van der Waals surface area contributed by atoms with Gasteiger partial charge in [-0.1, -0.05) is 0 Å². The highest BCUT2D eigenvalue weighted by atomic mass is 32.2. The summed E-state index contributed by atoms with van der Waals surface area (Å²) in [5.74, 6) is 1.80. The maximum absolute atomic E-state index is 11.6. The summed E-state index contributed by atoms with van der Waals surface area (Å²) in [6, 6.07) is 0.408. The molecule has 4 N–H and O–H groups in total. The van der Waals surface area contributed by atoms with Crippen LogP contribution in [0.25, 0.3) is 0 Å². The molecule has 0 spiro atoms. The molecule has 23 heavy (non-hydrogen) atoms. The summed E-state index contributed by atoms with van der Waals surface area (Å²) in [7, 11) is -2.97. The number of hydrogen-bond donors (Lipinski definition) is 4. The van der Waals surface area contributed by atoms with Gasteiger partial charge in [0.2, 0.25) is 0 Å². The summed E-state index contributed by atoms with van der Waals surface area (Å²) in [4.78, 5) is 0. The van der Waals surface area contributed by atoms with Gasteiger partial charge in [-0.2, -0.15) is 11.8 Å². The Morgan fingerprint density at radius 1 is 1.17 bits per heavy atom. The van der Waals surface area contributed by atoms with Gasteiger partial charge in [0.15, 0.2) is 9.84 Å². The Morgan fingerprint density at radius 3 is 2.70 bits per heavy atom. The Morgan fingerprint density at radius 2 is 2.04 bits per heavy atom. The minimum atomic E-state index is -2.97. The van der Waals surface area contributed by atoms with Crippen LogP contribution in [-0.2, 0) is 9.84 Å². The van der Waals surface area contributed by atoms with Crippen LogP contribution in [0.3, 0.4) is 0 Å². The standard InChI is InChI=1S/C15H30N4O2S2/c1-23(20,21)15-5-4-11(7-18-15)13-9-16-10-14(19-13)17-8-12-3-2-6-22-12/h11-19H,2-10H2,1H3. The molecule has 0 aromatic heterocycles. The van der Waals surface area contributed by atoms with E-state index in [1.807, 2.05) is 0 Å². The van der Waals surface area contributed by atoms with Crippen LogP contribution in [0.5, 0.6) is 0 Å². The van der Waals surface area contributed by atoms with Crippen molar-refractivity contribution < 1.29 is 8.42 Å². The number of sulfone groups is 1. The molecule has 5 atom stereocenters. The van der Waals surface area contributed by atoms with Gasteiger partial charge in [-0.3, -0.25) is 10.6 Å². The number of nitrogens with one attached hydrogen (secondary N) is 4. The van der Waals surface area contributed by atoms with E-state index in [0.717, 1.165) is 44.3 Å². The molecule has 3 rings (SSSR count). The Kier molecular flexibility index (Phi) is 6.25. The molecule has 3 fully saturated rings. The van der Waals surface area contributed by atoms with Crippen LogP contribution in [0.1, 0.15) is 25.7 Å². The van der Waals surface area contributed by atoms with E-state index in [-0.39, 0.29) is 5.37 Å². The number of rotatable bonds is 5. The summed E-state index contributed by atoms with van der Waals surface area (Å²) < 4.78 is 23.3. The van der Waals surface area contributed by atoms with Crippen LogP contribution in [0.4, 0.5) is 0 Å². The second-order valence-corrected chi connectivity index (χ2v) is 10.7. The molecule has 3 aliphatic rings. The average molecular weight is 363 g/mol. The van der Waals surface area contributed by atoms with E-state index in [9.17, 15) is 8.42 Å². The van der Waals surface area contributed by atoms with E-state index in [4.69, 9.17) is 0 Å². The molecule has 6 nitrogen and oxygen atoms in total. The Balaban J connectivity index is 1.43. The topological polar surface area (TPSA) is 82.3 Å². The first kappa shape index (κ1) is 17.9. The summed E-state index contributed by atoms with van der Waals surface area (Å²) in [5.41, 5.74) is 0. The van der Waals surface area contributed by atoms with Crippen molar-refractivity contribution in [1.82, 2.24) is 21.3 Å². The monoisotopic (exact) mass is 362 g/mol. The third kappa shape index (κ3) is 5.06. The SMILES string of the molecule is CS(=O)(=O)C1CCC(C2CNCC(NCC3CCCS3)N2)CN1. The fraction of sp³-hybridized carbons (Fsp3) is 1.00. The van der Waals surface area contributed by atoms with Gasteiger partial charge in [0.05, 0.1) is 6.17 Å². The number of hydrogen-bond acceptors (Lipinski definition) is 7. The van der Waals surface area contributed by atoms with Crippen LogP contribution < -0.4 is 21.3 Å². The second kappa shape index (κ2) is 8.01. The highest BCUT2D eigenvalue weighted by molar-refractivity contribution is 8.00. The Labute approximate surface area is 144 Å². The largest absolute Gasteiger partial charge is 0.312 e. The molecule has 3 saturated heterocycles. The minimum Gasteiger partial charge on any atom is -0.312 e. The molecule has 0 amide bonds. The summed E-state index contributed by atoms with van der Waals surface area (Å²) >= 11 is 2.08. The fourth-order valence-electron chi connectivity index (χ4n) is 3.83. The van der Waals surface area contributed by atoms with Crippen molar-refractivity contribution in [2.24, 2.45) is 5.92 Å². The highest BCUT2D eigenvalue weighted by Crippen LogP contribution is 2.25. The lowest BCUT2D eigenvalue weighted by Gasteiger charge is -2.40. The summed E-state index contributed by atoms with van der Waals surface area (Å²) in [6.45, 7) is 3.78. The lowest BCUT2D eigenvalue weighted by atomic mass is 9.90. The van der Waals surface area contributed by atoms with E-state index >= 15 is 0 Å². The molecule has 0 radical (unpaired) electrons. The Bertz CT molecular complexity index is 474. The number of piperazine rings is 1. The maximum atomic E-state index is 11.6. The smallest absolute Gasteiger partial charge is 0.163 e. The van der Waals surface area contributed by atoms with E-state index in [1.54, 1.807) is 0 Å². The second-order valence-electron chi connectivity index (χ2n) is 7.09. The zero-order valence-corrected chi connectivity index (χ0v) is 15.5. The fourth-order valence-corrected chi connectivity index (χ4v) is 6.01. The predicted octanol–water partition coefficient (Wildman–Crippen LogP) is -0.271. The van der Waals surface area contributed by atoms with E-state index in [0.29, 0.717) is 18.1 Å². The maximum Gasteiger partial charge on any atom is 0.163 e. The van der Waals surface area contributed by atoms with Gasteiger partial charge in [0, 0.05) is 43.7 Å². The average Bonchev–Trinajstić information content (AvgIpc) is 3.06. The zero-order chi connectivity index (χ0) is 16.3. The summed E-state index contributed by atoms with van der Waals surface area (Å²) in [6.07, 6.45) is 6.02. The lowest BCUT2D eigenvalue weighted by Crippen LogP contribution is -2.64. The summed E-state index contributed by atoms with van der Waals surface area (Å²) in [5, 5.41) is 14.5. The van der Waals surface area contributed by atoms with Crippen LogP contribution >= 0.6 is 11.8 Å². The number of piperidine rings is 1. The molecule has 8 heteroatoms. The van der Waals surface area contributed by atoms with Crippen LogP contribution in [0, 0.1) is 5.92 Å². The van der Waals surface area contributed by atoms with Crippen molar-refractivity contribution in [3.05, 3.63) is 0 Å². The Hall–Kier alpha value is 0.140. The van der Waals surface area contributed by atoms with Gasteiger partial charge < -0.3 is 10.6 Å². The van der Waals surface area contributed by atoms with Gasteiger partial charge in [-0.25, -0.2) is 8.42 Å².